The van der Waals surface area contributed by atoms with Crippen LogP contribution in [0, 0.1) is 11.8 Å². The second kappa shape index (κ2) is 6.35. The highest BCUT2D eigenvalue weighted by Crippen LogP contribution is 2.51. The Bertz CT molecular complexity index is 895. The van der Waals surface area contributed by atoms with Crippen LogP contribution in [0.15, 0.2) is 90.4 Å². The number of para-hydroxylation sites is 2. The largest absolute Gasteiger partial charge is 0.334 e. The van der Waals surface area contributed by atoms with E-state index in [0.717, 1.165) is 11.9 Å². The SMILES string of the molecule is [B]C1=CCC(C2C=CC3C(C2)c2ccccc2N3c2ccccc2)C=C1. The summed E-state index contributed by atoms with van der Waals surface area (Å²) in [6, 6.07) is 20.1. The van der Waals surface area contributed by atoms with Gasteiger partial charge in [0.1, 0.15) is 7.85 Å². The van der Waals surface area contributed by atoms with E-state index >= 15 is 0 Å². The van der Waals surface area contributed by atoms with E-state index in [2.05, 4.69) is 89.9 Å². The minimum atomic E-state index is 0.416. The molecule has 2 aromatic rings. The maximum Gasteiger partial charge on any atom is 0.113 e. The lowest BCUT2D eigenvalue weighted by molar-refractivity contribution is 0.382. The topological polar surface area (TPSA) is 3.24 Å². The molecule has 5 rings (SSSR count). The monoisotopic (exact) mass is 335 g/mol. The zero-order valence-corrected chi connectivity index (χ0v) is 14.8. The molecule has 1 nitrogen and oxygen atoms in total. The molecule has 0 aromatic heterocycles. The summed E-state index contributed by atoms with van der Waals surface area (Å²) in [6.45, 7) is 0. The molecule has 3 aliphatic rings. The zero-order chi connectivity index (χ0) is 17.5. The molecule has 0 fully saturated rings. The van der Waals surface area contributed by atoms with Crippen molar-refractivity contribution in [2.45, 2.75) is 24.8 Å². The first-order valence-electron chi connectivity index (χ1n) is 9.56. The Kier molecular flexibility index (Phi) is 3.85. The third-order valence-corrected chi connectivity index (χ3v) is 6.13. The molecule has 2 aromatic carbocycles. The summed E-state index contributed by atoms with van der Waals surface area (Å²) in [5.41, 5.74) is 5.04. The van der Waals surface area contributed by atoms with Crippen molar-refractivity contribution in [2.24, 2.45) is 11.8 Å². The molecule has 1 aliphatic heterocycles. The summed E-state index contributed by atoms with van der Waals surface area (Å²) in [4.78, 5) is 2.52. The van der Waals surface area contributed by atoms with Gasteiger partial charge in [0.05, 0.1) is 6.04 Å². The minimum absolute atomic E-state index is 0.416. The highest BCUT2D eigenvalue weighted by atomic mass is 15.2. The predicted octanol–water partition coefficient (Wildman–Crippen LogP) is 5.50. The second-order valence-corrected chi connectivity index (χ2v) is 7.61. The summed E-state index contributed by atoms with van der Waals surface area (Å²) in [5.74, 6) is 1.70. The van der Waals surface area contributed by atoms with Gasteiger partial charge in [0.2, 0.25) is 0 Å². The van der Waals surface area contributed by atoms with Gasteiger partial charge in [0.15, 0.2) is 0 Å². The summed E-state index contributed by atoms with van der Waals surface area (Å²) in [6.07, 6.45) is 13.7. The highest BCUT2D eigenvalue weighted by molar-refractivity contribution is 6.23. The van der Waals surface area contributed by atoms with Crippen molar-refractivity contribution in [1.82, 2.24) is 0 Å². The third-order valence-electron chi connectivity index (χ3n) is 6.13. The average molecular weight is 335 g/mol. The first kappa shape index (κ1) is 15.8. The van der Waals surface area contributed by atoms with Gasteiger partial charge in [-0.3, -0.25) is 0 Å². The molecule has 0 spiro atoms. The summed E-state index contributed by atoms with van der Waals surface area (Å²) in [5, 5.41) is 0. The Hall–Kier alpha value is -2.48. The molecule has 126 valence electrons. The molecule has 26 heavy (non-hydrogen) atoms. The molecule has 0 saturated carbocycles. The van der Waals surface area contributed by atoms with E-state index in [1.807, 2.05) is 0 Å². The third kappa shape index (κ3) is 2.56. The Morgan fingerprint density at radius 2 is 1.65 bits per heavy atom. The van der Waals surface area contributed by atoms with Crippen LogP contribution < -0.4 is 4.90 Å². The van der Waals surface area contributed by atoms with Crippen molar-refractivity contribution in [3.63, 3.8) is 0 Å². The van der Waals surface area contributed by atoms with Crippen LogP contribution in [0.3, 0.4) is 0 Å². The van der Waals surface area contributed by atoms with Crippen LogP contribution >= 0.6 is 0 Å². The molecule has 2 radical (unpaired) electrons. The molecule has 0 saturated heterocycles. The normalized spacial score (nSPS) is 29.2. The number of allylic oxidation sites excluding steroid dienone is 5. The Morgan fingerprint density at radius 3 is 2.46 bits per heavy atom. The van der Waals surface area contributed by atoms with Gasteiger partial charge in [-0.1, -0.05) is 66.8 Å². The standard InChI is InChI=1S/C24H22BN/c25-19-13-10-17(11-14-19)18-12-15-24-22(16-18)21-8-4-5-9-23(21)26(24)20-6-2-1-3-7-20/h1-10,12-15,17-18,22,24H,11,16H2. The number of fused-ring (bicyclic) bond motifs is 3. The fourth-order valence-electron chi connectivity index (χ4n) is 4.85. The van der Waals surface area contributed by atoms with Crippen LogP contribution in [-0.2, 0) is 0 Å². The average Bonchev–Trinajstić information content (AvgIpc) is 3.03. The van der Waals surface area contributed by atoms with Crippen molar-refractivity contribution < 1.29 is 0 Å². The van der Waals surface area contributed by atoms with Gasteiger partial charge >= 0.3 is 0 Å². The van der Waals surface area contributed by atoms with E-state index < -0.39 is 0 Å². The van der Waals surface area contributed by atoms with Crippen LogP contribution in [0.2, 0.25) is 0 Å². The van der Waals surface area contributed by atoms with Crippen LogP contribution in [0.5, 0.6) is 0 Å². The smallest absolute Gasteiger partial charge is 0.113 e. The number of anilines is 2. The van der Waals surface area contributed by atoms with Crippen LogP contribution in [-0.4, -0.2) is 13.9 Å². The van der Waals surface area contributed by atoms with Crippen molar-refractivity contribution in [3.05, 3.63) is 96.0 Å². The van der Waals surface area contributed by atoms with Crippen molar-refractivity contribution in [3.8, 4) is 0 Å². The molecule has 4 atom stereocenters. The van der Waals surface area contributed by atoms with Gasteiger partial charge in [-0.25, -0.2) is 0 Å². The summed E-state index contributed by atoms with van der Waals surface area (Å²) < 4.78 is 0. The molecule has 2 aliphatic carbocycles. The molecule has 1 heterocycles. The Balaban J connectivity index is 1.51. The number of hydrogen-bond acceptors (Lipinski definition) is 1. The molecular formula is C24H22BN. The molecular weight excluding hydrogens is 313 g/mol. The van der Waals surface area contributed by atoms with Gasteiger partial charge < -0.3 is 4.90 Å². The molecule has 0 amide bonds. The van der Waals surface area contributed by atoms with Gasteiger partial charge in [0.25, 0.3) is 0 Å². The maximum atomic E-state index is 5.91. The Labute approximate surface area is 157 Å². The van der Waals surface area contributed by atoms with Gasteiger partial charge in [-0.05, 0) is 48.4 Å². The fraction of sp³-hybridized carbons (Fsp3) is 0.250. The lowest BCUT2D eigenvalue weighted by Crippen LogP contribution is -2.33. The quantitative estimate of drug-likeness (QED) is 0.518. The van der Waals surface area contributed by atoms with Crippen LogP contribution in [0.25, 0.3) is 0 Å². The second-order valence-electron chi connectivity index (χ2n) is 7.61. The van der Waals surface area contributed by atoms with E-state index in [0.29, 0.717) is 23.8 Å². The summed E-state index contributed by atoms with van der Waals surface area (Å²) >= 11 is 0. The van der Waals surface area contributed by atoms with Gasteiger partial charge in [0, 0.05) is 17.3 Å². The fourth-order valence-corrected chi connectivity index (χ4v) is 4.85. The van der Waals surface area contributed by atoms with E-state index in [9.17, 15) is 0 Å². The van der Waals surface area contributed by atoms with Crippen molar-refractivity contribution in [1.29, 1.82) is 0 Å². The predicted molar refractivity (Wildman–Crippen MR) is 110 cm³/mol. The first-order valence-corrected chi connectivity index (χ1v) is 9.56. The number of nitrogens with zero attached hydrogens (tertiary/aromatic N) is 1. The number of hydrogen-bond donors (Lipinski definition) is 0. The van der Waals surface area contributed by atoms with Crippen LogP contribution in [0.1, 0.15) is 24.3 Å². The minimum Gasteiger partial charge on any atom is -0.334 e. The zero-order valence-electron chi connectivity index (χ0n) is 14.8. The Morgan fingerprint density at radius 1 is 0.846 bits per heavy atom. The van der Waals surface area contributed by atoms with E-state index in [1.54, 1.807) is 0 Å². The van der Waals surface area contributed by atoms with Crippen LogP contribution in [0.4, 0.5) is 11.4 Å². The summed E-state index contributed by atoms with van der Waals surface area (Å²) in [7, 11) is 5.91. The van der Waals surface area contributed by atoms with E-state index in [4.69, 9.17) is 7.85 Å². The number of rotatable bonds is 2. The molecule has 0 N–H and O–H groups in total. The molecule has 0 bridgehead atoms. The highest BCUT2D eigenvalue weighted by Gasteiger charge is 2.41. The number of benzene rings is 2. The lowest BCUT2D eigenvalue weighted by atomic mass is 9.72. The lowest BCUT2D eigenvalue weighted by Gasteiger charge is -2.35. The van der Waals surface area contributed by atoms with Gasteiger partial charge in [-0.2, -0.15) is 0 Å². The van der Waals surface area contributed by atoms with E-state index in [-0.39, 0.29) is 0 Å². The van der Waals surface area contributed by atoms with Crippen molar-refractivity contribution in [2.75, 3.05) is 4.90 Å². The van der Waals surface area contributed by atoms with Crippen molar-refractivity contribution >= 4 is 19.2 Å². The molecule has 2 heteroatoms. The molecule has 4 unspecified atom stereocenters. The maximum absolute atomic E-state index is 5.91. The van der Waals surface area contributed by atoms with Gasteiger partial charge in [-0.15, -0.1) is 5.47 Å². The van der Waals surface area contributed by atoms with E-state index in [1.165, 1.54) is 23.4 Å². The first-order chi connectivity index (χ1) is 12.8.